The fraction of sp³-hybridized carbons (Fsp3) is 0.556. The Morgan fingerprint density at radius 3 is 2.08 bits per heavy atom. The maximum Gasteiger partial charge on any atom is 0.269 e. The molecule has 13 heavy (non-hydrogen) atoms. The molecule has 4 heteroatoms. The molecular formula is C9H15NO3. The Morgan fingerprint density at radius 1 is 1.31 bits per heavy atom. The highest BCUT2D eigenvalue weighted by Crippen LogP contribution is 2.20. The van der Waals surface area contributed by atoms with Gasteiger partial charge in [0.2, 0.25) is 0 Å². The van der Waals surface area contributed by atoms with Gasteiger partial charge >= 0.3 is 0 Å². The minimum Gasteiger partial charge on any atom is -0.299 e. The lowest BCUT2D eigenvalue weighted by Crippen LogP contribution is -2.24. The molecule has 0 heterocycles. The molecule has 0 rings (SSSR count). The van der Waals surface area contributed by atoms with Crippen LogP contribution in [-0.2, 0) is 9.59 Å². The maximum atomic E-state index is 11.1. The lowest BCUT2D eigenvalue weighted by Gasteiger charge is -2.16. The lowest BCUT2D eigenvalue weighted by molar-refractivity contribution is -0.125. The van der Waals surface area contributed by atoms with Crippen molar-refractivity contribution in [2.75, 3.05) is 0 Å². The fourth-order valence-corrected chi connectivity index (χ4v) is 0.797. The van der Waals surface area contributed by atoms with E-state index in [1.807, 2.05) is 0 Å². The van der Waals surface area contributed by atoms with Crippen LogP contribution in [0.15, 0.2) is 11.6 Å². The molecule has 0 aliphatic rings. The standard InChI is InChI=1S/C9H15NO3/c1-6(8(12)10-13)5-9(3,4)7(2)11/h5,13H,1-4H3,(H,10,12)/b6-5+. The monoisotopic (exact) mass is 185 g/mol. The normalized spacial score (nSPS) is 12.5. The summed E-state index contributed by atoms with van der Waals surface area (Å²) in [5.74, 6) is -0.619. The molecule has 0 atom stereocenters. The molecule has 0 aliphatic carbocycles. The van der Waals surface area contributed by atoms with Gasteiger partial charge in [-0.15, -0.1) is 0 Å². The van der Waals surface area contributed by atoms with E-state index in [9.17, 15) is 9.59 Å². The van der Waals surface area contributed by atoms with Crippen molar-refractivity contribution in [3.63, 3.8) is 0 Å². The van der Waals surface area contributed by atoms with Crippen LogP contribution >= 0.6 is 0 Å². The summed E-state index contributed by atoms with van der Waals surface area (Å²) >= 11 is 0. The minimum atomic E-state index is -0.670. The van der Waals surface area contributed by atoms with Crippen molar-refractivity contribution in [1.82, 2.24) is 5.48 Å². The van der Waals surface area contributed by atoms with Crippen LogP contribution in [0, 0.1) is 5.41 Å². The molecule has 1 amide bonds. The molecule has 2 N–H and O–H groups in total. The molecule has 0 bridgehead atoms. The van der Waals surface area contributed by atoms with Gasteiger partial charge in [-0.05, 0) is 27.7 Å². The highest BCUT2D eigenvalue weighted by atomic mass is 16.5. The van der Waals surface area contributed by atoms with E-state index in [4.69, 9.17) is 5.21 Å². The summed E-state index contributed by atoms with van der Waals surface area (Å²) in [6, 6.07) is 0. The Morgan fingerprint density at radius 2 is 1.77 bits per heavy atom. The smallest absolute Gasteiger partial charge is 0.269 e. The van der Waals surface area contributed by atoms with Gasteiger partial charge in [-0.3, -0.25) is 14.8 Å². The van der Waals surface area contributed by atoms with Gasteiger partial charge in [0.1, 0.15) is 5.78 Å². The molecule has 0 unspecified atom stereocenters. The van der Waals surface area contributed by atoms with Gasteiger partial charge in [0.15, 0.2) is 0 Å². The number of nitrogens with one attached hydrogen (secondary N) is 1. The number of allylic oxidation sites excluding steroid dienone is 1. The van der Waals surface area contributed by atoms with Crippen LogP contribution in [0.1, 0.15) is 27.7 Å². The van der Waals surface area contributed by atoms with Gasteiger partial charge in [0.25, 0.3) is 5.91 Å². The molecule has 0 aromatic heterocycles. The zero-order chi connectivity index (χ0) is 10.6. The van der Waals surface area contributed by atoms with Crippen molar-refractivity contribution >= 4 is 11.7 Å². The van der Waals surface area contributed by atoms with Crippen molar-refractivity contribution in [3.05, 3.63) is 11.6 Å². The Kier molecular flexibility index (Phi) is 3.81. The van der Waals surface area contributed by atoms with Crippen molar-refractivity contribution in [3.8, 4) is 0 Å². The molecule has 0 fully saturated rings. The highest BCUT2D eigenvalue weighted by molar-refractivity contribution is 5.93. The SMILES string of the molecule is CC(=O)C(C)(C)/C=C(\C)C(=O)NO. The molecule has 0 radical (unpaired) electrons. The number of hydrogen-bond acceptors (Lipinski definition) is 3. The van der Waals surface area contributed by atoms with E-state index >= 15 is 0 Å². The molecule has 4 nitrogen and oxygen atoms in total. The third-order valence-electron chi connectivity index (χ3n) is 1.94. The zero-order valence-electron chi connectivity index (χ0n) is 8.34. The van der Waals surface area contributed by atoms with Crippen LogP contribution in [-0.4, -0.2) is 16.9 Å². The fourth-order valence-electron chi connectivity index (χ4n) is 0.797. The second-order valence-electron chi connectivity index (χ2n) is 3.55. The number of ketones is 1. The van der Waals surface area contributed by atoms with E-state index in [0.717, 1.165) is 0 Å². The Hall–Kier alpha value is -1.16. The summed E-state index contributed by atoms with van der Waals surface area (Å²) in [4.78, 5) is 21.9. The average Bonchev–Trinajstić information content (AvgIpc) is 2.01. The maximum absolute atomic E-state index is 11.1. The first-order valence-electron chi connectivity index (χ1n) is 3.96. The van der Waals surface area contributed by atoms with Crippen LogP contribution in [0.3, 0.4) is 0 Å². The highest BCUT2D eigenvalue weighted by Gasteiger charge is 2.21. The number of hydrogen-bond donors (Lipinski definition) is 2. The first kappa shape index (κ1) is 11.8. The van der Waals surface area contributed by atoms with Crippen LogP contribution in [0.4, 0.5) is 0 Å². The quantitative estimate of drug-likeness (QED) is 0.392. The van der Waals surface area contributed by atoms with Crippen LogP contribution < -0.4 is 5.48 Å². The molecular weight excluding hydrogens is 170 g/mol. The van der Waals surface area contributed by atoms with Crippen molar-refractivity contribution in [2.24, 2.45) is 5.41 Å². The number of carbonyl (C=O) groups excluding carboxylic acids is 2. The van der Waals surface area contributed by atoms with Crippen LogP contribution in [0.2, 0.25) is 0 Å². The first-order valence-corrected chi connectivity index (χ1v) is 3.96. The molecule has 0 aliphatic heterocycles. The van der Waals surface area contributed by atoms with Gasteiger partial charge in [0.05, 0.1) is 0 Å². The molecule has 0 saturated heterocycles. The van der Waals surface area contributed by atoms with E-state index in [2.05, 4.69) is 0 Å². The minimum absolute atomic E-state index is 0.0300. The zero-order valence-corrected chi connectivity index (χ0v) is 8.34. The van der Waals surface area contributed by atoms with Gasteiger partial charge in [0, 0.05) is 11.0 Å². The summed E-state index contributed by atoms with van der Waals surface area (Å²) in [6.07, 6.45) is 1.53. The Bertz CT molecular complexity index is 254. The van der Waals surface area contributed by atoms with Crippen molar-refractivity contribution in [1.29, 1.82) is 0 Å². The predicted octanol–water partition coefficient (Wildman–Crippen LogP) is 1.05. The third kappa shape index (κ3) is 3.38. The predicted molar refractivity (Wildman–Crippen MR) is 48.1 cm³/mol. The number of hydroxylamine groups is 1. The number of carbonyl (C=O) groups is 2. The van der Waals surface area contributed by atoms with Crippen LogP contribution in [0.5, 0.6) is 0 Å². The molecule has 0 aromatic carbocycles. The van der Waals surface area contributed by atoms with Gasteiger partial charge in [-0.25, -0.2) is 5.48 Å². The summed E-state index contributed by atoms with van der Waals surface area (Å²) < 4.78 is 0. The molecule has 0 aromatic rings. The van der Waals surface area contributed by atoms with Crippen molar-refractivity contribution in [2.45, 2.75) is 27.7 Å². The van der Waals surface area contributed by atoms with Gasteiger partial charge in [-0.1, -0.05) is 6.08 Å². The van der Waals surface area contributed by atoms with Gasteiger partial charge < -0.3 is 0 Å². The summed E-state index contributed by atoms with van der Waals surface area (Å²) in [5, 5.41) is 8.32. The Balaban J connectivity index is 4.74. The average molecular weight is 185 g/mol. The van der Waals surface area contributed by atoms with E-state index < -0.39 is 11.3 Å². The first-order chi connectivity index (χ1) is 5.81. The van der Waals surface area contributed by atoms with Gasteiger partial charge in [-0.2, -0.15) is 0 Å². The second-order valence-corrected chi connectivity index (χ2v) is 3.55. The van der Waals surface area contributed by atoms with E-state index in [0.29, 0.717) is 5.57 Å². The van der Waals surface area contributed by atoms with E-state index in [1.54, 1.807) is 13.8 Å². The summed E-state index contributed by atoms with van der Waals surface area (Å²) in [6.45, 7) is 6.42. The second kappa shape index (κ2) is 4.18. The molecule has 74 valence electrons. The number of Topliss-reactive ketones (excluding diaryl/α,β-unsaturated/α-hetero) is 1. The Labute approximate surface area is 77.6 Å². The molecule has 0 saturated carbocycles. The third-order valence-corrected chi connectivity index (χ3v) is 1.94. The summed E-state index contributed by atoms with van der Waals surface area (Å²) in [5.41, 5.74) is 1.16. The van der Waals surface area contributed by atoms with E-state index in [-0.39, 0.29) is 5.78 Å². The lowest BCUT2D eigenvalue weighted by atomic mass is 9.87. The van der Waals surface area contributed by atoms with Crippen molar-refractivity contribution < 1.29 is 14.8 Å². The summed E-state index contributed by atoms with van der Waals surface area (Å²) in [7, 11) is 0. The van der Waals surface area contributed by atoms with Crippen LogP contribution in [0.25, 0.3) is 0 Å². The number of amides is 1. The van der Waals surface area contributed by atoms with E-state index in [1.165, 1.54) is 25.4 Å². The molecule has 0 spiro atoms. The number of rotatable bonds is 3. The topological polar surface area (TPSA) is 66.4 Å². The largest absolute Gasteiger partial charge is 0.299 e.